The maximum atomic E-state index is 13.4. The number of para-hydroxylation sites is 1. The maximum absolute atomic E-state index is 13.4. The minimum atomic E-state index is 0.0231. The Hall–Kier alpha value is -2.83. The van der Waals surface area contributed by atoms with Crippen LogP contribution in [0, 0.1) is 0 Å². The molecule has 0 radical (unpaired) electrons. The number of amides is 1. The lowest BCUT2D eigenvalue weighted by atomic mass is 10.0. The number of benzene rings is 2. The summed E-state index contributed by atoms with van der Waals surface area (Å²) < 4.78 is 10.9. The Labute approximate surface area is 171 Å². The molecular formula is C23H27N3O3. The fourth-order valence-corrected chi connectivity index (χ4v) is 3.88. The number of carbonyl (C=O) groups excluding carboxylic acids is 1. The Kier molecular flexibility index (Phi) is 5.56. The molecular weight excluding hydrogens is 366 g/mol. The largest absolute Gasteiger partial charge is 0.497 e. The van der Waals surface area contributed by atoms with Crippen molar-refractivity contribution in [2.24, 2.45) is 0 Å². The van der Waals surface area contributed by atoms with Crippen molar-refractivity contribution >= 4 is 23.2 Å². The van der Waals surface area contributed by atoms with Gasteiger partial charge in [-0.15, -0.1) is 0 Å². The van der Waals surface area contributed by atoms with Crippen molar-refractivity contribution in [3.63, 3.8) is 0 Å². The zero-order valence-corrected chi connectivity index (χ0v) is 17.2. The monoisotopic (exact) mass is 393 g/mol. The van der Waals surface area contributed by atoms with Gasteiger partial charge in [-0.3, -0.25) is 14.6 Å². The summed E-state index contributed by atoms with van der Waals surface area (Å²) in [7, 11) is 5.40. The Morgan fingerprint density at radius 3 is 2.48 bits per heavy atom. The summed E-state index contributed by atoms with van der Waals surface area (Å²) in [6.07, 6.45) is 1.91. The molecule has 0 unspecified atom stereocenters. The predicted molar refractivity (Wildman–Crippen MR) is 115 cm³/mol. The molecule has 2 aromatic carbocycles. The van der Waals surface area contributed by atoms with Crippen molar-refractivity contribution < 1.29 is 14.3 Å². The number of ether oxygens (including phenoxy) is 2. The zero-order valence-electron chi connectivity index (χ0n) is 17.2. The van der Waals surface area contributed by atoms with E-state index in [2.05, 4.69) is 16.8 Å². The Morgan fingerprint density at radius 1 is 1.00 bits per heavy atom. The van der Waals surface area contributed by atoms with Crippen molar-refractivity contribution in [3.8, 4) is 11.5 Å². The lowest BCUT2D eigenvalue weighted by molar-refractivity contribution is -0.113. The molecule has 6 nitrogen and oxygen atoms in total. The van der Waals surface area contributed by atoms with Crippen molar-refractivity contribution in [3.05, 3.63) is 53.6 Å². The van der Waals surface area contributed by atoms with Crippen molar-refractivity contribution in [1.82, 2.24) is 9.80 Å². The number of piperazine rings is 1. The SMILES string of the molecule is COc1ccc(OC)c(/C=C2\C(=O)N(CN3CCN(C)CC3)c3ccccc32)c1. The normalized spacial score (nSPS) is 18.9. The summed E-state index contributed by atoms with van der Waals surface area (Å²) in [6, 6.07) is 13.6. The minimum absolute atomic E-state index is 0.0231. The summed E-state index contributed by atoms with van der Waals surface area (Å²) in [5, 5.41) is 0. The van der Waals surface area contributed by atoms with Gasteiger partial charge in [-0.1, -0.05) is 18.2 Å². The molecule has 2 aromatic rings. The number of carbonyl (C=O) groups is 1. The lowest BCUT2D eigenvalue weighted by Gasteiger charge is -2.34. The van der Waals surface area contributed by atoms with E-state index < -0.39 is 0 Å². The van der Waals surface area contributed by atoms with E-state index in [1.54, 1.807) is 14.2 Å². The molecule has 2 aliphatic heterocycles. The van der Waals surface area contributed by atoms with Crippen molar-refractivity contribution in [1.29, 1.82) is 0 Å². The molecule has 0 N–H and O–H groups in total. The van der Waals surface area contributed by atoms with Crippen LogP contribution in [0.4, 0.5) is 5.69 Å². The molecule has 6 heteroatoms. The third-order valence-electron chi connectivity index (χ3n) is 5.63. The van der Waals surface area contributed by atoms with E-state index in [0.29, 0.717) is 18.0 Å². The van der Waals surface area contributed by atoms with Gasteiger partial charge in [0.2, 0.25) is 0 Å². The standard InChI is InChI=1S/C23H27N3O3/c1-24-10-12-25(13-11-24)16-26-21-7-5-4-6-19(21)20(23(26)27)15-17-14-18(28-2)8-9-22(17)29-3/h4-9,14-15H,10-13,16H2,1-3H3/b20-15-. The smallest absolute Gasteiger partial charge is 0.260 e. The van der Waals surface area contributed by atoms with E-state index >= 15 is 0 Å². The Balaban J connectivity index is 1.68. The van der Waals surface area contributed by atoms with E-state index in [0.717, 1.165) is 48.7 Å². The Bertz CT molecular complexity index is 933. The molecule has 2 heterocycles. The molecule has 4 rings (SSSR count). The highest BCUT2D eigenvalue weighted by Crippen LogP contribution is 2.39. The summed E-state index contributed by atoms with van der Waals surface area (Å²) in [4.78, 5) is 19.9. The number of nitrogens with zero attached hydrogens (tertiary/aromatic N) is 3. The van der Waals surface area contributed by atoms with Gasteiger partial charge < -0.3 is 14.4 Å². The molecule has 0 saturated carbocycles. The molecule has 0 bridgehead atoms. The van der Waals surface area contributed by atoms with Crippen LogP contribution in [0.3, 0.4) is 0 Å². The van der Waals surface area contributed by atoms with Crippen LogP contribution in [-0.4, -0.2) is 69.8 Å². The molecule has 1 fully saturated rings. The molecule has 0 spiro atoms. The van der Waals surface area contributed by atoms with Crippen LogP contribution >= 0.6 is 0 Å². The number of hydrogen-bond donors (Lipinski definition) is 0. The number of fused-ring (bicyclic) bond motifs is 1. The molecule has 1 amide bonds. The van der Waals surface area contributed by atoms with Crippen LogP contribution in [0.1, 0.15) is 11.1 Å². The number of likely N-dealkylation sites (N-methyl/N-ethyl adjacent to an activating group) is 1. The van der Waals surface area contributed by atoms with Gasteiger partial charge in [-0.2, -0.15) is 0 Å². The van der Waals surface area contributed by atoms with Gasteiger partial charge in [0.25, 0.3) is 5.91 Å². The van der Waals surface area contributed by atoms with E-state index in [4.69, 9.17) is 9.47 Å². The average Bonchev–Trinajstić information content (AvgIpc) is 3.01. The van der Waals surface area contributed by atoms with Crippen molar-refractivity contribution in [2.75, 3.05) is 59.0 Å². The van der Waals surface area contributed by atoms with Crippen LogP contribution in [0.15, 0.2) is 42.5 Å². The van der Waals surface area contributed by atoms with E-state index in [-0.39, 0.29) is 5.91 Å². The maximum Gasteiger partial charge on any atom is 0.260 e. The van der Waals surface area contributed by atoms with Gasteiger partial charge in [-0.25, -0.2) is 0 Å². The van der Waals surface area contributed by atoms with Crippen LogP contribution < -0.4 is 14.4 Å². The molecule has 2 aliphatic rings. The second kappa shape index (κ2) is 8.27. The highest BCUT2D eigenvalue weighted by Gasteiger charge is 2.33. The van der Waals surface area contributed by atoms with Gasteiger partial charge in [0.1, 0.15) is 11.5 Å². The number of hydrogen-bond acceptors (Lipinski definition) is 5. The summed E-state index contributed by atoms with van der Waals surface area (Å²) in [5.74, 6) is 1.46. The van der Waals surface area contributed by atoms with Crippen LogP contribution in [0.5, 0.6) is 11.5 Å². The second-order valence-corrected chi connectivity index (χ2v) is 7.48. The fourth-order valence-electron chi connectivity index (χ4n) is 3.88. The van der Waals surface area contributed by atoms with Gasteiger partial charge in [0.05, 0.1) is 26.6 Å². The van der Waals surface area contributed by atoms with Crippen LogP contribution in [0.2, 0.25) is 0 Å². The van der Waals surface area contributed by atoms with Crippen molar-refractivity contribution in [2.45, 2.75) is 0 Å². The number of methoxy groups -OCH3 is 2. The van der Waals surface area contributed by atoms with Gasteiger partial charge in [-0.05, 0) is 37.4 Å². The number of anilines is 1. The van der Waals surface area contributed by atoms with Crippen LogP contribution in [0.25, 0.3) is 11.6 Å². The molecule has 0 aromatic heterocycles. The van der Waals surface area contributed by atoms with Gasteiger partial charge in [0, 0.05) is 42.9 Å². The van der Waals surface area contributed by atoms with E-state index in [9.17, 15) is 4.79 Å². The lowest BCUT2D eigenvalue weighted by Crippen LogP contribution is -2.49. The first kappa shape index (κ1) is 19.5. The second-order valence-electron chi connectivity index (χ2n) is 7.48. The first-order valence-corrected chi connectivity index (χ1v) is 9.86. The quantitative estimate of drug-likeness (QED) is 0.731. The summed E-state index contributed by atoms with van der Waals surface area (Å²) >= 11 is 0. The molecule has 0 atom stereocenters. The molecule has 29 heavy (non-hydrogen) atoms. The van der Waals surface area contributed by atoms with Gasteiger partial charge >= 0.3 is 0 Å². The fraction of sp³-hybridized carbons (Fsp3) is 0.348. The third kappa shape index (κ3) is 3.86. The molecule has 1 saturated heterocycles. The summed E-state index contributed by atoms with van der Waals surface area (Å²) in [6.45, 7) is 4.58. The summed E-state index contributed by atoms with van der Waals surface area (Å²) in [5.41, 5.74) is 3.42. The predicted octanol–water partition coefficient (Wildman–Crippen LogP) is 2.80. The highest BCUT2D eigenvalue weighted by molar-refractivity contribution is 6.35. The first-order valence-electron chi connectivity index (χ1n) is 9.86. The topological polar surface area (TPSA) is 45.3 Å². The first-order chi connectivity index (χ1) is 14.1. The molecule has 0 aliphatic carbocycles. The Morgan fingerprint density at radius 2 is 1.76 bits per heavy atom. The third-order valence-corrected chi connectivity index (χ3v) is 5.63. The average molecular weight is 393 g/mol. The van der Waals surface area contributed by atoms with E-state index in [1.165, 1.54) is 0 Å². The molecule has 152 valence electrons. The van der Waals surface area contributed by atoms with Gasteiger partial charge in [0.15, 0.2) is 0 Å². The van der Waals surface area contributed by atoms with Crippen LogP contribution in [-0.2, 0) is 4.79 Å². The van der Waals surface area contributed by atoms with E-state index in [1.807, 2.05) is 53.4 Å². The highest BCUT2D eigenvalue weighted by atomic mass is 16.5. The number of rotatable bonds is 5. The zero-order chi connectivity index (χ0) is 20.4. The minimum Gasteiger partial charge on any atom is -0.497 e.